The number of amides is 1. The van der Waals surface area contributed by atoms with Gasteiger partial charge in [-0.15, -0.1) is 0 Å². The minimum atomic E-state index is -1.06. The molecule has 1 rings (SSSR count). The average Bonchev–Trinajstić information content (AvgIpc) is 2.24. The number of benzene rings is 1. The fourth-order valence-electron chi connectivity index (χ4n) is 1.27. The van der Waals surface area contributed by atoms with Crippen molar-refractivity contribution in [2.24, 2.45) is 0 Å². The Hall–Kier alpha value is -1.10. The first-order chi connectivity index (χ1) is 7.50. The van der Waals surface area contributed by atoms with E-state index in [1.807, 2.05) is 0 Å². The zero-order chi connectivity index (χ0) is 12.1. The summed E-state index contributed by atoms with van der Waals surface area (Å²) in [7, 11) is 0. The predicted octanol–water partition coefficient (Wildman–Crippen LogP) is 0.870. The summed E-state index contributed by atoms with van der Waals surface area (Å²) in [6.07, 6.45) is -2.12. The molecule has 5 heteroatoms. The summed E-state index contributed by atoms with van der Waals surface area (Å²) in [6.45, 7) is 1.35. The zero-order valence-corrected chi connectivity index (χ0v) is 9.61. The van der Waals surface area contributed by atoms with Crippen molar-refractivity contribution in [3.05, 3.63) is 34.9 Å². The Morgan fingerprint density at radius 2 is 2.19 bits per heavy atom. The molecule has 0 radical (unpaired) electrons. The molecule has 1 amide bonds. The number of carbonyl (C=O) groups is 1. The van der Waals surface area contributed by atoms with Crippen LogP contribution in [0.5, 0.6) is 0 Å². The maximum Gasteiger partial charge on any atom is 0.216 e. The van der Waals surface area contributed by atoms with Crippen LogP contribution in [0.3, 0.4) is 0 Å². The minimum absolute atomic E-state index is 0.00299. The van der Waals surface area contributed by atoms with Crippen molar-refractivity contribution in [3.8, 4) is 0 Å². The molecule has 0 bridgehead atoms. The summed E-state index contributed by atoms with van der Waals surface area (Å²) in [5.41, 5.74) is 0.519. The first-order valence-electron chi connectivity index (χ1n) is 4.86. The number of rotatable bonds is 4. The quantitative estimate of drug-likeness (QED) is 0.735. The summed E-state index contributed by atoms with van der Waals surface area (Å²) >= 11 is 5.76. The van der Waals surface area contributed by atoms with Gasteiger partial charge in [-0.1, -0.05) is 23.7 Å². The Morgan fingerprint density at radius 3 is 2.75 bits per heavy atom. The van der Waals surface area contributed by atoms with E-state index in [0.29, 0.717) is 10.6 Å². The summed E-state index contributed by atoms with van der Waals surface area (Å²) in [6, 6.07) is 6.60. The van der Waals surface area contributed by atoms with Crippen LogP contribution in [0.25, 0.3) is 0 Å². The van der Waals surface area contributed by atoms with Gasteiger partial charge in [-0.2, -0.15) is 0 Å². The van der Waals surface area contributed by atoms with Crippen LogP contribution in [0.2, 0.25) is 5.02 Å². The van der Waals surface area contributed by atoms with E-state index in [-0.39, 0.29) is 12.5 Å². The average molecular weight is 244 g/mol. The fourth-order valence-corrected chi connectivity index (χ4v) is 1.47. The number of nitrogens with one attached hydrogen (secondary N) is 1. The molecule has 4 nitrogen and oxygen atoms in total. The Kier molecular flexibility index (Phi) is 4.73. The molecule has 16 heavy (non-hydrogen) atoms. The third-order valence-corrected chi connectivity index (χ3v) is 2.35. The molecule has 2 atom stereocenters. The molecular formula is C11H14ClNO3. The molecule has 0 fully saturated rings. The summed E-state index contributed by atoms with van der Waals surface area (Å²) in [4.78, 5) is 10.6. The Balaban J connectivity index is 2.62. The van der Waals surface area contributed by atoms with Gasteiger partial charge in [0.2, 0.25) is 5.91 Å². The number of carbonyl (C=O) groups excluding carboxylic acids is 1. The topological polar surface area (TPSA) is 69.6 Å². The first-order valence-corrected chi connectivity index (χ1v) is 5.24. The fraction of sp³-hybridized carbons (Fsp3) is 0.364. The molecule has 0 saturated heterocycles. The number of aliphatic hydroxyl groups excluding tert-OH is 2. The van der Waals surface area contributed by atoms with Gasteiger partial charge < -0.3 is 15.5 Å². The van der Waals surface area contributed by atoms with Gasteiger partial charge in [-0.25, -0.2) is 0 Å². The molecule has 0 heterocycles. The van der Waals surface area contributed by atoms with Gasteiger partial charge in [0.1, 0.15) is 12.2 Å². The molecule has 0 aliphatic heterocycles. The van der Waals surface area contributed by atoms with Crippen LogP contribution in [0.15, 0.2) is 24.3 Å². The maximum atomic E-state index is 10.6. The van der Waals surface area contributed by atoms with E-state index in [4.69, 9.17) is 11.6 Å². The standard InChI is InChI=1S/C11H14ClNO3/c1-7(14)13-6-10(15)11(16)8-3-2-4-9(12)5-8/h2-5,10-11,15-16H,6H2,1H3,(H,13,14). The van der Waals surface area contributed by atoms with Crippen molar-refractivity contribution in [3.63, 3.8) is 0 Å². The second kappa shape index (κ2) is 5.84. The van der Waals surface area contributed by atoms with E-state index < -0.39 is 12.2 Å². The van der Waals surface area contributed by atoms with Crippen molar-refractivity contribution in [1.29, 1.82) is 0 Å². The zero-order valence-electron chi connectivity index (χ0n) is 8.85. The molecule has 1 aromatic carbocycles. The lowest BCUT2D eigenvalue weighted by Crippen LogP contribution is -2.34. The number of hydrogen-bond donors (Lipinski definition) is 3. The van der Waals surface area contributed by atoms with E-state index in [9.17, 15) is 15.0 Å². The Morgan fingerprint density at radius 1 is 1.50 bits per heavy atom. The summed E-state index contributed by atoms with van der Waals surface area (Å²) in [5, 5.41) is 22.3. The number of aliphatic hydroxyl groups is 2. The molecule has 0 aliphatic rings. The van der Waals surface area contributed by atoms with Crippen LogP contribution in [0.1, 0.15) is 18.6 Å². The molecule has 0 spiro atoms. The van der Waals surface area contributed by atoms with Crippen molar-refractivity contribution in [2.75, 3.05) is 6.54 Å². The third-order valence-electron chi connectivity index (χ3n) is 2.11. The van der Waals surface area contributed by atoms with E-state index >= 15 is 0 Å². The lowest BCUT2D eigenvalue weighted by Gasteiger charge is -2.18. The molecule has 0 aliphatic carbocycles. The lowest BCUT2D eigenvalue weighted by molar-refractivity contribution is -0.119. The van der Waals surface area contributed by atoms with Crippen LogP contribution in [0.4, 0.5) is 0 Å². The number of halogens is 1. The van der Waals surface area contributed by atoms with Gasteiger partial charge >= 0.3 is 0 Å². The molecule has 3 N–H and O–H groups in total. The van der Waals surface area contributed by atoms with Crippen molar-refractivity contribution >= 4 is 17.5 Å². The Labute approximate surface area is 98.9 Å². The van der Waals surface area contributed by atoms with Gasteiger partial charge in [0.25, 0.3) is 0 Å². The third kappa shape index (κ3) is 3.81. The summed E-state index contributed by atoms with van der Waals surface area (Å²) in [5.74, 6) is -0.252. The number of hydrogen-bond acceptors (Lipinski definition) is 3. The first kappa shape index (κ1) is 13.0. The smallest absolute Gasteiger partial charge is 0.216 e. The SMILES string of the molecule is CC(=O)NCC(O)C(O)c1cccc(Cl)c1. The normalized spacial score (nSPS) is 14.2. The molecule has 88 valence electrons. The molecule has 0 aromatic heterocycles. The van der Waals surface area contributed by atoms with Gasteiger partial charge in [0.15, 0.2) is 0 Å². The Bertz CT molecular complexity index is 370. The molecule has 1 aromatic rings. The second-order valence-corrected chi connectivity index (χ2v) is 3.94. The molecular weight excluding hydrogens is 230 g/mol. The maximum absolute atomic E-state index is 10.6. The molecule has 2 unspecified atom stereocenters. The second-order valence-electron chi connectivity index (χ2n) is 3.50. The molecule has 0 saturated carbocycles. The van der Waals surface area contributed by atoms with E-state index in [0.717, 1.165) is 0 Å². The monoisotopic (exact) mass is 243 g/mol. The highest BCUT2D eigenvalue weighted by Crippen LogP contribution is 2.20. The van der Waals surface area contributed by atoms with Gasteiger partial charge in [-0.05, 0) is 17.7 Å². The predicted molar refractivity (Wildman–Crippen MR) is 61.1 cm³/mol. The van der Waals surface area contributed by atoms with Gasteiger partial charge in [0.05, 0.1) is 0 Å². The van der Waals surface area contributed by atoms with Crippen LogP contribution in [-0.4, -0.2) is 28.8 Å². The largest absolute Gasteiger partial charge is 0.388 e. The van der Waals surface area contributed by atoms with Crippen molar-refractivity contribution < 1.29 is 15.0 Å². The van der Waals surface area contributed by atoms with Crippen LogP contribution >= 0.6 is 11.6 Å². The van der Waals surface area contributed by atoms with Crippen LogP contribution < -0.4 is 5.32 Å². The van der Waals surface area contributed by atoms with Gasteiger partial charge in [0, 0.05) is 18.5 Å². The van der Waals surface area contributed by atoms with E-state index in [1.165, 1.54) is 6.92 Å². The summed E-state index contributed by atoms with van der Waals surface area (Å²) < 4.78 is 0. The van der Waals surface area contributed by atoms with Crippen molar-refractivity contribution in [1.82, 2.24) is 5.32 Å². The van der Waals surface area contributed by atoms with Crippen molar-refractivity contribution in [2.45, 2.75) is 19.1 Å². The van der Waals surface area contributed by atoms with Crippen LogP contribution in [-0.2, 0) is 4.79 Å². The lowest BCUT2D eigenvalue weighted by atomic mass is 10.0. The highest BCUT2D eigenvalue weighted by Gasteiger charge is 2.18. The van der Waals surface area contributed by atoms with Gasteiger partial charge in [-0.3, -0.25) is 4.79 Å². The minimum Gasteiger partial charge on any atom is -0.388 e. The van der Waals surface area contributed by atoms with E-state index in [1.54, 1.807) is 24.3 Å². The van der Waals surface area contributed by atoms with E-state index in [2.05, 4.69) is 5.32 Å². The highest BCUT2D eigenvalue weighted by atomic mass is 35.5. The highest BCUT2D eigenvalue weighted by molar-refractivity contribution is 6.30. The van der Waals surface area contributed by atoms with Crippen LogP contribution in [0, 0.1) is 0 Å².